The SMILES string of the molecule is FB(F)F.[CH2-]N1CCN(C(C)(C)C2CCC(F)(F)CC2)CC1.[K+]. The largest absolute Gasteiger partial charge is 1.00 e. The zero-order valence-electron chi connectivity index (χ0n) is 14.3. The average Bonchev–Trinajstić information content (AvgIpc) is 2.38. The normalized spacial score (nSPS) is 23.5. The summed E-state index contributed by atoms with van der Waals surface area (Å²) in [5, 5.41) is 0. The molecule has 1 saturated heterocycles. The van der Waals surface area contributed by atoms with Crippen LogP contribution in [0.2, 0.25) is 0 Å². The fraction of sp³-hybridized carbons (Fsp3) is 0.929. The zero-order valence-corrected chi connectivity index (χ0v) is 17.4. The summed E-state index contributed by atoms with van der Waals surface area (Å²) in [6.45, 7) is 8.41. The summed E-state index contributed by atoms with van der Waals surface area (Å²) in [4.78, 5) is 4.55. The monoisotopic (exact) mass is 366 g/mol. The molecule has 9 heteroatoms. The summed E-state index contributed by atoms with van der Waals surface area (Å²) < 4.78 is 55.5. The Bertz CT molecular complexity index is 326. The molecule has 1 aliphatic carbocycles. The zero-order chi connectivity index (χ0) is 17.0. The molecule has 0 atom stereocenters. The van der Waals surface area contributed by atoms with Crippen LogP contribution in [0.15, 0.2) is 0 Å². The van der Waals surface area contributed by atoms with E-state index in [1.165, 1.54) is 0 Å². The molecule has 0 N–H and O–H groups in total. The fourth-order valence-electron chi connectivity index (χ4n) is 3.33. The van der Waals surface area contributed by atoms with Crippen molar-refractivity contribution in [3.8, 4) is 0 Å². The van der Waals surface area contributed by atoms with E-state index in [0.717, 1.165) is 26.2 Å². The first-order valence-corrected chi connectivity index (χ1v) is 7.65. The van der Waals surface area contributed by atoms with Gasteiger partial charge in [-0.2, -0.15) is 0 Å². The quantitative estimate of drug-likeness (QED) is 0.407. The topological polar surface area (TPSA) is 6.48 Å². The van der Waals surface area contributed by atoms with Crippen LogP contribution in [-0.2, 0) is 0 Å². The molecule has 0 spiro atoms. The van der Waals surface area contributed by atoms with Crippen LogP contribution in [0.4, 0.5) is 21.7 Å². The summed E-state index contributed by atoms with van der Waals surface area (Å²) >= 11 is 0. The molecular weight excluding hydrogens is 341 g/mol. The summed E-state index contributed by atoms with van der Waals surface area (Å²) in [6.07, 6.45) is 1.45. The van der Waals surface area contributed by atoms with Crippen molar-refractivity contribution in [1.29, 1.82) is 0 Å². The van der Waals surface area contributed by atoms with Crippen molar-refractivity contribution in [2.45, 2.75) is 51.0 Å². The molecule has 1 heterocycles. The molecule has 0 bridgehead atoms. The van der Waals surface area contributed by atoms with Crippen molar-refractivity contribution < 1.29 is 73.1 Å². The van der Waals surface area contributed by atoms with Gasteiger partial charge >= 0.3 is 58.9 Å². The maximum atomic E-state index is 13.2. The molecule has 1 saturated carbocycles. The van der Waals surface area contributed by atoms with E-state index in [9.17, 15) is 21.7 Å². The maximum absolute atomic E-state index is 13.2. The number of nitrogens with zero attached hydrogens (tertiary/aromatic N) is 2. The Kier molecular flexibility index (Phi) is 11.0. The van der Waals surface area contributed by atoms with Crippen molar-refractivity contribution in [3.63, 3.8) is 0 Å². The Morgan fingerprint density at radius 3 is 1.78 bits per heavy atom. The van der Waals surface area contributed by atoms with Crippen LogP contribution < -0.4 is 51.4 Å². The molecule has 2 rings (SSSR count). The van der Waals surface area contributed by atoms with Gasteiger partial charge in [0.05, 0.1) is 0 Å². The molecular formula is C14H25BF5KN2. The third kappa shape index (κ3) is 8.46. The standard InChI is InChI=1S/C14H25F2N2.BF3.K/c1-13(2,18-10-8-17(3)9-11-18)12-4-6-14(15,16)7-5-12;2-1(3)4;/h12H,3-11H2,1-2H3;;/q-1;;+1. The molecule has 2 aliphatic rings. The molecule has 2 nitrogen and oxygen atoms in total. The molecule has 0 aromatic rings. The first-order valence-electron chi connectivity index (χ1n) is 7.65. The first kappa shape index (κ1) is 24.3. The Balaban J connectivity index is 0.000000871. The van der Waals surface area contributed by atoms with E-state index >= 15 is 0 Å². The van der Waals surface area contributed by atoms with Gasteiger partial charge in [0.15, 0.2) is 0 Å². The average molecular weight is 366 g/mol. The maximum Gasteiger partial charge on any atom is 1.00 e. The van der Waals surface area contributed by atoms with Crippen LogP contribution in [0, 0.1) is 13.0 Å². The van der Waals surface area contributed by atoms with E-state index in [2.05, 4.69) is 30.7 Å². The van der Waals surface area contributed by atoms with Crippen molar-refractivity contribution in [1.82, 2.24) is 9.80 Å². The van der Waals surface area contributed by atoms with E-state index in [1.807, 2.05) is 0 Å². The van der Waals surface area contributed by atoms with Gasteiger partial charge in [-0.3, -0.25) is 24.9 Å². The number of rotatable bonds is 2. The van der Waals surface area contributed by atoms with Gasteiger partial charge in [-0.25, -0.2) is 8.78 Å². The van der Waals surface area contributed by atoms with Gasteiger partial charge in [-0.15, -0.1) is 0 Å². The minimum atomic E-state index is -3.67. The summed E-state index contributed by atoms with van der Waals surface area (Å²) in [6, 6.07) is 0. The van der Waals surface area contributed by atoms with E-state index in [1.54, 1.807) is 0 Å². The molecule has 0 aromatic heterocycles. The van der Waals surface area contributed by atoms with Crippen LogP contribution >= 0.6 is 0 Å². The van der Waals surface area contributed by atoms with Crippen LogP contribution in [-0.4, -0.2) is 55.0 Å². The predicted molar refractivity (Wildman–Crippen MR) is 78.6 cm³/mol. The predicted octanol–water partition coefficient (Wildman–Crippen LogP) is 0.883. The van der Waals surface area contributed by atoms with Crippen molar-refractivity contribution in [2.75, 3.05) is 26.2 Å². The third-order valence-corrected chi connectivity index (χ3v) is 4.90. The Hall–Kier alpha value is 1.27. The van der Waals surface area contributed by atoms with E-state index in [4.69, 9.17) is 0 Å². The van der Waals surface area contributed by atoms with Gasteiger partial charge < -0.3 is 4.90 Å². The van der Waals surface area contributed by atoms with Crippen molar-refractivity contribution in [2.24, 2.45) is 5.92 Å². The fourth-order valence-corrected chi connectivity index (χ4v) is 3.33. The van der Waals surface area contributed by atoms with Crippen LogP contribution in [0.1, 0.15) is 39.5 Å². The Morgan fingerprint density at radius 1 is 1.00 bits per heavy atom. The van der Waals surface area contributed by atoms with Crippen LogP contribution in [0.25, 0.3) is 0 Å². The second kappa shape index (κ2) is 10.4. The molecule has 1 aliphatic heterocycles. The minimum absolute atomic E-state index is 0. The number of alkyl halides is 2. The smallest absolute Gasteiger partial charge is 0.457 e. The molecule has 0 unspecified atom stereocenters. The Morgan fingerprint density at radius 2 is 1.39 bits per heavy atom. The minimum Gasteiger partial charge on any atom is -0.457 e. The Labute approximate surface area is 179 Å². The van der Waals surface area contributed by atoms with Crippen LogP contribution in [0.3, 0.4) is 0 Å². The number of hydrogen-bond acceptors (Lipinski definition) is 2. The third-order valence-electron chi connectivity index (χ3n) is 4.90. The van der Waals surface area contributed by atoms with Crippen molar-refractivity contribution in [3.05, 3.63) is 7.05 Å². The molecule has 130 valence electrons. The van der Waals surface area contributed by atoms with E-state index in [0.29, 0.717) is 18.8 Å². The molecule has 23 heavy (non-hydrogen) atoms. The molecule has 0 radical (unpaired) electrons. The summed E-state index contributed by atoms with van der Waals surface area (Å²) in [7, 11) is 0.286. The molecule has 0 aromatic carbocycles. The van der Waals surface area contributed by atoms with Crippen LogP contribution in [0.5, 0.6) is 0 Å². The van der Waals surface area contributed by atoms with Gasteiger partial charge in [-0.05, 0) is 45.7 Å². The van der Waals surface area contributed by atoms with Gasteiger partial charge in [0.2, 0.25) is 5.92 Å². The van der Waals surface area contributed by atoms with E-state index in [-0.39, 0.29) is 69.8 Å². The molecule has 0 amide bonds. The van der Waals surface area contributed by atoms with E-state index < -0.39 is 13.5 Å². The van der Waals surface area contributed by atoms with Gasteiger partial charge in [0.1, 0.15) is 0 Å². The van der Waals surface area contributed by atoms with Gasteiger partial charge in [-0.1, -0.05) is 0 Å². The number of halogens is 5. The first-order chi connectivity index (χ1) is 10.0. The summed E-state index contributed by atoms with van der Waals surface area (Å²) in [5.41, 5.74) is 0.0394. The molecule has 2 fully saturated rings. The van der Waals surface area contributed by atoms with Crippen molar-refractivity contribution >= 4 is 7.54 Å². The summed E-state index contributed by atoms with van der Waals surface area (Å²) in [5.74, 6) is -2.02. The van der Waals surface area contributed by atoms with Gasteiger partial charge in [0.25, 0.3) is 0 Å². The second-order valence-electron chi connectivity index (χ2n) is 6.64. The van der Waals surface area contributed by atoms with Gasteiger partial charge in [0, 0.05) is 31.5 Å². The number of piperazine rings is 1. The number of hydrogen-bond donors (Lipinski definition) is 0. The second-order valence-corrected chi connectivity index (χ2v) is 6.64.